The molecule has 0 atom stereocenters. The molecule has 0 N–H and O–H groups in total. The summed E-state index contributed by atoms with van der Waals surface area (Å²) in [5.74, 6) is 0.532. The zero-order valence-electron chi connectivity index (χ0n) is 16.7. The van der Waals surface area contributed by atoms with Gasteiger partial charge in [-0.25, -0.2) is 12.8 Å². The lowest BCUT2D eigenvalue weighted by Gasteiger charge is -2.21. The van der Waals surface area contributed by atoms with Gasteiger partial charge in [0.05, 0.1) is 11.4 Å². The first-order chi connectivity index (χ1) is 14.4. The summed E-state index contributed by atoms with van der Waals surface area (Å²) in [6.07, 6.45) is 0.712. The molecule has 1 fully saturated rings. The van der Waals surface area contributed by atoms with E-state index in [4.69, 9.17) is 4.52 Å². The first-order valence-corrected chi connectivity index (χ1v) is 11.2. The number of aromatic nitrogens is 2. The Hall–Kier alpha value is -2.62. The number of aryl methyl sites for hydroxylation is 1. The summed E-state index contributed by atoms with van der Waals surface area (Å²) in [5, 5.41) is 3.96. The smallest absolute Gasteiger partial charge is 0.243 e. The highest BCUT2D eigenvalue weighted by atomic mass is 32.2. The molecular formula is C21H23FN4O3S. The molecule has 4 rings (SSSR count). The maximum absolute atomic E-state index is 13.1. The minimum Gasteiger partial charge on any atom is -0.338 e. The first-order valence-electron chi connectivity index (χ1n) is 9.79. The molecule has 2 heterocycles. The van der Waals surface area contributed by atoms with Gasteiger partial charge >= 0.3 is 0 Å². The van der Waals surface area contributed by atoms with E-state index in [2.05, 4.69) is 15.0 Å². The van der Waals surface area contributed by atoms with E-state index in [1.807, 2.05) is 19.1 Å². The molecule has 0 radical (unpaired) electrons. The van der Waals surface area contributed by atoms with Crippen LogP contribution in [0.25, 0.3) is 11.4 Å². The molecule has 158 valence electrons. The van der Waals surface area contributed by atoms with E-state index >= 15 is 0 Å². The van der Waals surface area contributed by atoms with Crippen molar-refractivity contribution in [2.45, 2.75) is 24.8 Å². The second kappa shape index (κ2) is 8.63. The summed E-state index contributed by atoms with van der Waals surface area (Å²) in [5.41, 5.74) is 1.70. The highest BCUT2D eigenvalue weighted by Crippen LogP contribution is 2.20. The largest absolute Gasteiger partial charge is 0.338 e. The minimum absolute atomic E-state index is 0.322. The van der Waals surface area contributed by atoms with E-state index in [-0.39, 0.29) is 5.82 Å². The van der Waals surface area contributed by atoms with Crippen LogP contribution in [0, 0.1) is 12.7 Å². The first kappa shape index (κ1) is 20.6. The molecule has 3 aromatic rings. The van der Waals surface area contributed by atoms with Crippen LogP contribution in [0.15, 0.2) is 57.9 Å². The Balaban J connectivity index is 1.40. The van der Waals surface area contributed by atoms with Gasteiger partial charge in [0.15, 0.2) is 0 Å². The standard InChI is InChI=1S/C21H23FN4O3S/c1-16-3-9-19(10-4-16)30(27,28)26-12-2-11-25(13-14-26)15-20-23-21(24-29-20)17-5-7-18(22)8-6-17/h3-10H,2,11-15H2,1H3. The van der Waals surface area contributed by atoms with Crippen LogP contribution in [0.4, 0.5) is 4.39 Å². The molecule has 1 aliphatic heterocycles. The maximum Gasteiger partial charge on any atom is 0.243 e. The monoisotopic (exact) mass is 430 g/mol. The van der Waals surface area contributed by atoms with Crippen molar-refractivity contribution in [2.24, 2.45) is 0 Å². The average Bonchev–Trinajstić information content (AvgIpc) is 3.06. The lowest BCUT2D eigenvalue weighted by Crippen LogP contribution is -2.35. The van der Waals surface area contributed by atoms with Crippen LogP contribution in [0.3, 0.4) is 0 Å². The molecule has 0 bridgehead atoms. The van der Waals surface area contributed by atoms with E-state index in [1.165, 1.54) is 16.4 Å². The van der Waals surface area contributed by atoms with E-state index in [1.54, 1.807) is 24.3 Å². The molecule has 30 heavy (non-hydrogen) atoms. The van der Waals surface area contributed by atoms with Gasteiger partial charge in [-0.05, 0) is 56.3 Å². The van der Waals surface area contributed by atoms with Crippen molar-refractivity contribution >= 4 is 10.0 Å². The van der Waals surface area contributed by atoms with E-state index in [0.29, 0.717) is 54.8 Å². The second-order valence-electron chi connectivity index (χ2n) is 7.37. The number of rotatable bonds is 5. The molecule has 9 heteroatoms. The Morgan fingerprint density at radius 2 is 1.73 bits per heavy atom. The van der Waals surface area contributed by atoms with Gasteiger partial charge in [-0.15, -0.1) is 0 Å². The van der Waals surface area contributed by atoms with E-state index < -0.39 is 10.0 Å². The van der Waals surface area contributed by atoms with Crippen LogP contribution < -0.4 is 0 Å². The summed E-state index contributed by atoms with van der Waals surface area (Å²) >= 11 is 0. The van der Waals surface area contributed by atoms with Gasteiger partial charge in [-0.3, -0.25) is 4.90 Å². The third-order valence-electron chi connectivity index (χ3n) is 5.14. The lowest BCUT2D eigenvalue weighted by molar-refractivity contribution is 0.236. The third-order valence-corrected chi connectivity index (χ3v) is 7.05. The molecule has 2 aromatic carbocycles. The molecule has 1 aromatic heterocycles. The quantitative estimate of drug-likeness (QED) is 0.619. The molecule has 7 nitrogen and oxygen atoms in total. The molecule has 0 aliphatic carbocycles. The number of hydrogen-bond donors (Lipinski definition) is 0. The van der Waals surface area contributed by atoms with Crippen molar-refractivity contribution in [3.63, 3.8) is 0 Å². The van der Waals surface area contributed by atoms with E-state index in [9.17, 15) is 12.8 Å². The van der Waals surface area contributed by atoms with Gasteiger partial charge in [0.2, 0.25) is 21.7 Å². The Labute approximate surface area is 175 Å². The molecule has 0 saturated carbocycles. The van der Waals surface area contributed by atoms with Crippen molar-refractivity contribution in [2.75, 3.05) is 26.2 Å². The zero-order chi connectivity index (χ0) is 21.1. The topological polar surface area (TPSA) is 79.5 Å². The highest BCUT2D eigenvalue weighted by molar-refractivity contribution is 7.89. The summed E-state index contributed by atoms with van der Waals surface area (Å²) in [4.78, 5) is 6.81. The fraction of sp³-hybridized carbons (Fsp3) is 0.333. The summed E-state index contributed by atoms with van der Waals surface area (Å²) < 4.78 is 45.8. The Morgan fingerprint density at radius 1 is 1.00 bits per heavy atom. The molecule has 0 unspecified atom stereocenters. The average molecular weight is 431 g/mol. The van der Waals surface area contributed by atoms with Crippen LogP contribution >= 0.6 is 0 Å². The van der Waals surface area contributed by atoms with Gasteiger partial charge in [0, 0.05) is 25.2 Å². The van der Waals surface area contributed by atoms with Gasteiger partial charge in [0.1, 0.15) is 5.82 Å². The molecular weight excluding hydrogens is 407 g/mol. The van der Waals surface area contributed by atoms with Gasteiger partial charge < -0.3 is 4.52 Å². The lowest BCUT2D eigenvalue weighted by atomic mass is 10.2. The van der Waals surface area contributed by atoms with E-state index in [0.717, 1.165) is 12.1 Å². The van der Waals surface area contributed by atoms with Crippen molar-refractivity contribution in [3.05, 3.63) is 65.8 Å². The molecule has 0 amide bonds. The summed E-state index contributed by atoms with van der Waals surface area (Å²) in [6, 6.07) is 12.8. The summed E-state index contributed by atoms with van der Waals surface area (Å²) in [7, 11) is -3.51. The number of halogens is 1. The molecule has 1 saturated heterocycles. The van der Waals surface area contributed by atoms with Gasteiger partial charge in [0.25, 0.3) is 0 Å². The number of sulfonamides is 1. The van der Waals surface area contributed by atoms with Crippen LogP contribution in [-0.2, 0) is 16.6 Å². The minimum atomic E-state index is -3.51. The summed E-state index contributed by atoms with van der Waals surface area (Å²) in [6.45, 7) is 4.53. The zero-order valence-corrected chi connectivity index (χ0v) is 17.5. The Kier molecular flexibility index (Phi) is 5.94. The normalized spacial score (nSPS) is 16.5. The predicted molar refractivity (Wildman–Crippen MR) is 110 cm³/mol. The SMILES string of the molecule is Cc1ccc(S(=O)(=O)N2CCCN(Cc3nc(-c4ccc(F)cc4)no3)CC2)cc1. The number of benzene rings is 2. The van der Waals surface area contributed by atoms with Crippen molar-refractivity contribution in [1.29, 1.82) is 0 Å². The van der Waals surface area contributed by atoms with Gasteiger partial charge in [-0.1, -0.05) is 22.9 Å². The van der Waals surface area contributed by atoms with Crippen LogP contribution in [0.5, 0.6) is 0 Å². The Bertz CT molecular complexity index is 1100. The molecule has 1 aliphatic rings. The third kappa shape index (κ3) is 4.58. The predicted octanol–water partition coefficient (Wildman–Crippen LogP) is 3.08. The van der Waals surface area contributed by atoms with Crippen LogP contribution in [-0.4, -0.2) is 53.9 Å². The Morgan fingerprint density at radius 3 is 2.47 bits per heavy atom. The number of nitrogens with zero attached hydrogens (tertiary/aromatic N) is 4. The maximum atomic E-state index is 13.1. The second-order valence-corrected chi connectivity index (χ2v) is 9.30. The molecule has 0 spiro atoms. The van der Waals surface area contributed by atoms with Gasteiger partial charge in [-0.2, -0.15) is 9.29 Å². The fourth-order valence-electron chi connectivity index (χ4n) is 3.43. The van der Waals surface area contributed by atoms with Crippen molar-refractivity contribution in [1.82, 2.24) is 19.3 Å². The highest BCUT2D eigenvalue weighted by Gasteiger charge is 2.27. The van der Waals surface area contributed by atoms with Crippen molar-refractivity contribution in [3.8, 4) is 11.4 Å². The fourth-order valence-corrected chi connectivity index (χ4v) is 4.90. The number of hydrogen-bond acceptors (Lipinski definition) is 6. The van der Waals surface area contributed by atoms with Crippen LogP contribution in [0.2, 0.25) is 0 Å². The van der Waals surface area contributed by atoms with Crippen LogP contribution in [0.1, 0.15) is 17.9 Å². The van der Waals surface area contributed by atoms with Crippen molar-refractivity contribution < 1.29 is 17.3 Å².